The summed E-state index contributed by atoms with van der Waals surface area (Å²) in [5.41, 5.74) is -9.34. The summed E-state index contributed by atoms with van der Waals surface area (Å²) in [4.78, 5) is 25.7. The number of carbonyl (C=O) groups is 1. The Balaban J connectivity index is 0.000000197. The highest BCUT2D eigenvalue weighted by molar-refractivity contribution is 8.00. The predicted molar refractivity (Wildman–Crippen MR) is 411 cm³/mol. The molecule has 0 saturated heterocycles. The van der Waals surface area contributed by atoms with Crippen molar-refractivity contribution in [2.24, 2.45) is 45.8 Å². The van der Waals surface area contributed by atoms with Crippen LogP contribution in [0.5, 0.6) is 0 Å². The Morgan fingerprint density at radius 3 is 0.761 bits per heavy atom. The van der Waals surface area contributed by atoms with E-state index in [1.54, 1.807) is 11.8 Å². The smallest absolute Gasteiger partial charge is 0.200 e. The first-order valence-electron chi connectivity index (χ1n) is 39.1. The summed E-state index contributed by atoms with van der Waals surface area (Å²) in [6.45, 7) is 0. The molecule has 10 aromatic rings. The van der Waals surface area contributed by atoms with Gasteiger partial charge in [-0.2, -0.15) is 0 Å². The molecular weight excluding hydrogens is 1630 g/mol. The normalized spacial score (nSPS) is 22.9. The first-order valence-corrected chi connectivity index (χ1v) is 42.8. The van der Waals surface area contributed by atoms with Crippen molar-refractivity contribution >= 4 is 80.0 Å². The lowest BCUT2D eigenvalue weighted by molar-refractivity contribution is -0.0353. The van der Waals surface area contributed by atoms with Crippen LogP contribution in [0.25, 0.3) is 0 Å². The third kappa shape index (κ3) is 15.3. The first kappa shape index (κ1) is 82.6. The van der Waals surface area contributed by atoms with Crippen molar-refractivity contribution in [2.75, 3.05) is 0 Å². The summed E-state index contributed by atoms with van der Waals surface area (Å²) < 4.78 is 294. The third-order valence-electron chi connectivity index (χ3n) is 26.0. The minimum atomic E-state index is -7.22. The number of halogens is 20. The maximum Gasteiger partial charge on any atom is 0.200 e. The number of fused-ring (bicyclic) bond motifs is 4. The zero-order chi connectivity index (χ0) is 82.5. The lowest BCUT2D eigenvalue weighted by atomic mass is 9.12. The molecule has 0 radical (unpaired) electrons. The van der Waals surface area contributed by atoms with E-state index >= 15 is 35.1 Å². The molecule has 0 aliphatic heterocycles. The fraction of sp³-hybridized carbons (Fsp3) is 0.330. The van der Waals surface area contributed by atoms with Crippen molar-refractivity contribution in [3.63, 3.8) is 0 Å². The number of hydrogen-bond acceptors (Lipinski definition) is 4. The van der Waals surface area contributed by atoms with E-state index in [1.165, 1.54) is 177 Å². The van der Waals surface area contributed by atoms with Gasteiger partial charge in [-0.1, -0.05) is 123 Å². The highest BCUT2D eigenvalue weighted by Crippen LogP contribution is 2.61. The van der Waals surface area contributed by atoms with Crippen LogP contribution in [0, 0.1) is 162 Å². The second kappa shape index (κ2) is 32.8. The summed E-state index contributed by atoms with van der Waals surface area (Å²) in [6.07, 6.45) is 23.0. The quantitative estimate of drug-likeness (QED) is 0.0200. The average Bonchev–Trinajstić information content (AvgIpc) is 0.679. The number of ketones is 1. The Bertz CT molecular complexity index is 4920. The molecule has 8 aliphatic carbocycles. The monoisotopic (exact) mass is 1700 g/mol. The van der Waals surface area contributed by atoms with Crippen molar-refractivity contribution in [1.29, 1.82) is 0 Å². The molecule has 8 fully saturated rings. The van der Waals surface area contributed by atoms with Gasteiger partial charge in [-0.15, -0.1) is 21.9 Å². The van der Waals surface area contributed by atoms with Crippen molar-refractivity contribution < 1.29 is 92.6 Å². The van der Waals surface area contributed by atoms with Gasteiger partial charge in [0.2, 0.25) is 0 Å². The van der Waals surface area contributed by atoms with E-state index in [9.17, 15) is 57.5 Å². The van der Waals surface area contributed by atoms with E-state index in [0.29, 0.717) is 16.6 Å². The summed E-state index contributed by atoms with van der Waals surface area (Å²) in [7, 11) is -0.278. The molecule has 1 nitrogen and oxygen atoms in total. The van der Waals surface area contributed by atoms with Crippen molar-refractivity contribution in [3.05, 3.63) is 279 Å². The largest absolute Gasteiger partial charge is 0.294 e. The molecule has 0 N–H and O–H groups in total. The Morgan fingerprint density at radius 1 is 0.291 bits per heavy atom. The van der Waals surface area contributed by atoms with Crippen LogP contribution in [0.3, 0.4) is 0 Å². The van der Waals surface area contributed by atoms with Crippen molar-refractivity contribution in [2.45, 2.75) is 185 Å². The Hall–Kier alpha value is -8.07. The van der Waals surface area contributed by atoms with Crippen LogP contribution in [-0.2, 0) is 23.7 Å². The second-order valence-corrected chi connectivity index (χ2v) is 38.7. The van der Waals surface area contributed by atoms with Crippen LogP contribution >= 0.6 is 35.3 Å². The fourth-order valence-electron chi connectivity index (χ4n) is 21.3. The van der Waals surface area contributed by atoms with Gasteiger partial charge in [-0.25, -0.2) is 87.8 Å². The molecule has 0 spiro atoms. The molecule has 8 bridgehead atoms. The number of carbonyl (C=O) groups excluding carboxylic acids is 1. The number of rotatable bonds is 19. The highest BCUT2D eigenvalue weighted by Gasteiger charge is 2.56. The van der Waals surface area contributed by atoms with E-state index in [1.807, 2.05) is 23.5 Å². The third-order valence-corrected chi connectivity index (χ3v) is 31.2. The zero-order valence-corrected chi connectivity index (χ0v) is 65.7. The van der Waals surface area contributed by atoms with Gasteiger partial charge in [0.05, 0.1) is 10.9 Å². The number of benzene rings is 10. The zero-order valence-electron chi connectivity index (χ0n) is 62.5. The molecule has 18 rings (SSSR count). The maximum atomic E-state index is 15.4. The molecule has 8 aliphatic rings. The van der Waals surface area contributed by atoms with Gasteiger partial charge >= 0.3 is 0 Å². The van der Waals surface area contributed by atoms with Gasteiger partial charge in [-0.05, 0) is 251 Å². The molecule has 0 unspecified atom stereocenters. The van der Waals surface area contributed by atoms with Gasteiger partial charge in [0.15, 0.2) is 90.3 Å². The van der Waals surface area contributed by atoms with Gasteiger partial charge in [0, 0.05) is 40.4 Å². The van der Waals surface area contributed by atoms with Gasteiger partial charge < -0.3 is 0 Å². The minimum absolute atomic E-state index is 0.0901. The van der Waals surface area contributed by atoms with E-state index in [2.05, 4.69) is 146 Å². The molecule has 8 saturated carbocycles. The summed E-state index contributed by atoms with van der Waals surface area (Å²) in [5, 5.41) is 0. The summed E-state index contributed by atoms with van der Waals surface area (Å²) in [5.74, 6) is -66.7. The Kier molecular flexibility index (Phi) is 23.2. The summed E-state index contributed by atoms with van der Waals surface area (Å²) in [6, 6.07) is 55.9. The molecule has 0 aromatic heterocycles. The SMILES string of the molecule is Fc1c(F)c(F)c([B-](c2c(F)c(F)c(F)c(F)c2F)(c2c(F)c(F)c(F)c(F)c2F)c2c(F)c(F)c(F)c(F)c2F)c(F)c1F.O=C(c1ccc(Sc2ccc([S+](c3ccc(Sc4ccc(CC56CCCC(CCC5)C6)cc4)cc3)c3ccc(Sc4ccc(CC56CCCC(CCC5)C6)cc4)cc3)cc2)cc1)C12CC3CC(CC(C3)C1)C2. The molecule has 26 heteroatoms. The van der Waals surface area contributed by atoms with E-state index < -0.39 is 144 Å². The second-order valence-electron chi connectivity index (χ2n) is 33.2. The minimum Gasteiger partial charge on any atom is -0.294 e. The van der Waals surface area contributed by atoms with Crippen LogP contribution in [0.4, 0.5) is 87.8 Å². The van der Waals surface area contributed by atoms with Gasteiger partial charge in [0.25, 0.3) is 0 Å². The van der Waals surface area contributed by atoms with Gasteiger partial charge in [0.1, 0.15) is 52.7 Å². The Labute approximate surface area is 678 Å². The lowest BCUT2D eigenvalue weighted by Gasteiger charge is -2.56. The van der Waals surface area contributed by atoms with Crippen LogP contribution in [0.2, 0.25) is 0 Å². The van der Waals surface area contributed by atoms with Crippen LogP contribution < -0.4 is 21.9 Å². The van der Waals surface area contributed by atoms with E-state index in [-0.39, 0.29) is 16.3 Å². The molecule has 0 heterocycles. The highest BCUT2D eigenvalue weighted by atomic mass is 32.2. The molecule has 117 heavy (non-hydrogen) atoms. The predicted octanol–water partition coefficient (Wildman–Crippen LogP) is 25.3. The summed E-state index contributed by atoms with van der Waals surface area (Å²) >= 11 is 5.56. The van der Waals surface area contributed by atoms with Crippen LogP contribution in [0.1, 0.15) is 150 Å². The molecule has 0 amide bonds. The van der Waals surface area contributed by atoms with Crippen LogP contribution in [-0.4, -0.2) is 11.9 Å². The average molecular weight is 1700 g/mol. The first-order chi connectivity index (χ1) is 56.0. The maximum absolute atomic E-state index is 15.4. The molecular formula is C91H73BF20OS4. The molecule has 610 valence electrons. The Morgan fingerprint density at radius 2 is 0.513 bits per heavy atom. The number of hydrogen-bond donors (Lipinski definition) is 0. The van der Waals surface area contributed by atoms with Crippen LogP contribution in [0.15, 0.2) is 190 Å². The fourth-order valence-corrected chi connectivity index (χ4v) is 25.8. The molecule has 10 aromatic carbocycles. The standard InChI is InChI=1S/C67H73OS4.C24BF20/c68-64(67-44-51-37-52(45-67)39-53(38-51)46-67)54-13-19-57(20-14-54)71-60-25-31-63(32-26-60)72(61-27-21-58(22-28-61)69-55-15-9-49(10-16-55)42-65-33-1-5-47(40-65)6-2-34-65)62-29-23-59(24-30-62)70-56-17-11-50(12-18-56)43-66-35-3-7-48(41-66)8-4-36-66;26-5-1(6(27)14(35)21(42)13(5)34)25(2-7(28)15(36)22(43)16(37)8(2)29,3-9(30)17(38)23(44)18(39)10(3)31)4-11(32)19(40)24(45)20(41)12(4)33/h9-32,47-48,51-53H,1-8,33-46H2;/q+1;-1. The lowest BCUT2D eigenvalue weighted by Crippen LogP contribution is -2.81. The van der Waals surface area contributed by atoms with E-state index in [0.717, 1.165) is 54.4 Å². The topological polar surface area (TPSA) is 17.1 Å². The number of Topliss-reactive ketones (excluding diaryl/α,β-unsaturated/α-hetero) is 1. The van der Waals surface area contributed by atoms with E-state index in [4.69, 9.17) is 0 Å². The van der Waals surface area contributed by atoms with Crippen molar-refractivity contribution in [1.82, 2.24) is 0 Å². The van der Waals surface area contributed by atoms with Gasteiger partial charge in [-0.3, -0.25) is 4.79 Å². The van der Waals surface area contributed by atoms with Crippen molar-refractivity contribution in [3.8, 4) is 0 Å². The molecule has 0 atom stereocenters.